The van der Waals surface area contributed by atoms with Crippen molar-refractivity contribution in [1.82, 2.24) is 0 Å². The molecule has 0 bridgehead atoms. The number of carbonyl (C=O) groups is 1. The standard InChI is InChI=1S/C19H17BrO5/c1-22-16-5-3-14(10-15(16)20)12-25-19(21)7-4-13-2-6-17-18(11-13)24-9-8-23-17/h2-7,10-11H,8-9,12H2,1H3/b7-4+. The lowest BCUT2D eigenvalue weighted by molar-refractivity contribution is -0.138. The van der Waals surface area contributed by atoms with Crippen LogP contribution in [0.25, 0.3) is 6.08 Å². The van der Waals surface area contributed by atoms with E-state index < -0.39 is 5.97 Å². The number of ether oxygens (including phenoxy) is 4. The molecule has 1 aliphatic rings. The van der Waals surface area contributed by atoms with Crippen LogP contribution in [0.3, 0.4) is 0 Å². The van der Waals surface area contributed by atoms with E-state index in [1.165, 1.54) is 6.08 Å². The van der Waals surface area contributed by atoms with Crippen LogP contribution in [0.4, 0.5) is 0 Å². The summed E-state index contributed by atoms with van der Waals surface area (Å²) in [6.45, 7) is 1.27. The molecule has 0 aliphatic carbocycles. The Bertz CT molecular complexity index is 800. The van der Waals surface area contributed by atoms with E-state index in [0.29, 0.717) is 19.0 Å². The van der Waals surface area contributed by atoms with E-state index in [4.69, 9.17) is 18.9 Å². The van der Waals surface area contributed by atoms with Crippen molar-refractivity contribution in [3.63, 3.8) is 0 Å². The first-order valence-electron chi connectivity index (χ1n) is 7.72. The summed E-state index contributed by atoms with van der Waals surface area (Å²) >= 11 is 3.40. The number of fused-ring (bicyclic) bond motifs is 1. The van der Waals surface area contributed by atoms with Crippen LogP contribution in [0.15, 0.2) is 46.9 Å². The lowest BCUT2D eigenvalue weighted by atomic mass is 10.2. The molecule has 0 aromatic heterocycles. The molecule has 0 radical (unpaired) electrons. The Hall–Kier alpha value is -2.47. The van der Waals surface area contributed by atoms with Gasteiger partial charge in [-0.2, -0.15) is 0 Å². The number of halogens is 1. The Morgan fingerprint density at radius 3 is 2.72 bits per heavy atom. The molecule has 0 fully saturated rings. The quantitative estimate of drug-likeness (QED) is 0.557. The molecule has 0 N–H and O–H groups in total. The molecule has 2 aromatic rings. The SMILES string of the molecule is COc1ccc(COC(=O)/C=C/c2ccc3c(c2)OCCO3)cc1Br. The predicted molar refractivity (Wildman–Crippen MR) is 97.0 cm³/mol. The van der Waals surface area contributed by atoms with Gasteiger partial charge >= 0.3 is 5.97 Å². The van der Waals surface area contributed by atoms with Crippen LogP contribution in [0, 0.1) is 0 Å². The van der Waals surface area contributed by atoms with Gasteiger partial charge in [-0.1, -0.05) is 12.1 Å². The summed E-state index contributed by atoms with van der Waals surface area (Å²) in [5.41, 5.74) is 1.71. The Labute approximate surface area is 154 Å². The Balaban J connectivity index is 1.57. The zero-order valence-electron chi connectivity index (χ0n) is 13.7. The number of benzene rings is 2. The van der Waals surface area contributed by atoms with Crippen molar-refractivity contribution in [2.45, 2.75) is 6.61 Å². The molecule has 25 heavy (non-hydrogen) atoms. The maximum atomic E-state index is 11.9. The van der Waals surface area contributed by atoms with Gasteiger partial charge in [-0.3, -0.25) is 0 Å². The first-order valence-corrected chi connectivity index (χ1v) is 8.52. The maximum Gasteiger partial charge on any atom is 0.331 e. The van der Waals surface area contributed by atoms with Crippen LogP contribution in [0.5, 0.6) is 17.2 Å². The summed E-state index contributed by atoms with van der Waals surface area (Å²) in [5, 5.41) is 0. The lowest BCUT2D eigenvalue weighted by Gasteiger charge is -2.18. The third-order valence-electron chi connectivity index (χ3n) is 3.58. The van der Waals surface area contributed by atoms with Crippen LogP contribution in [0.1, 0.15) is 11.1 Å². The summed E-state index contributed by atoms with van der Waals surface area (Å²) in [4.78, 5) is 11.9. The first-order chi connectivity index (χ1) is 12.2. The molecule has 1 heterocycles. The molecular formula is C19H17BrO5. The Morgan fingerprint density at radius 2 is 1.96 bits per heavy atom. The molecule has 1 aliphatic heterocycles. The van der Waals surface area contributed by atoms with Crippen LogP contribution in [-0.2, 0) is 16.1 Å². The highest BCUT2D eigenvalue weighted by Gasteiger charge is 2.11. The van der Waals surface area contributed by atoms with Crippen molar-refractivity contribution < 1.29 is 23.7 Å². The minimum atomic E-state index is -0.415. The number of carbonyl (C=O) groups excluding carboxylic acids is 1. The minimum absolute atomic E-state index is 0.187. The molecule has 0 saturated carbocycles. The molecule has 2 aromatic carbocycles. The minimum Gasteiger partial charge on any atom is -0.496 e. The molecule has 3 rings (SSSR count). The third kappa shape index (κ3) is 4.54. The number of esters is 1. The Morgan fingerprint density at radius 1 is 1.16 bits per heavy atom. The second-order valence-corrected chi connectivity index (χ2v) is 6.17. The van der Waals surface area contributed by atoms with Crippen molar-refractivity contribution >= 4 is 28.0 Å². The molecule has 0 saturated heterocycles. The van der Waals surface area contributed by atoms with Crippen LogP contribution in [-0.4, -0.2) is 26.3 Å². The van der Waals surface area contributed by atoms with Gasteiger partial charge in [0.1, 0.15) is 25.6 Å². The number of hydrogen-bond donors (Lipinski definition) is 0. The van der Waals surface area contributed by atoms with E-state index in [0.717, 1.165) is 27.1 Å². The second-order valence-electron chi connectivity index (χ2n) is 5.31. The fourth-order valence-corrected chi connectivity index (χ4v) is 2.92. The van der Waals surface area contributed by atoms with Gasteiger partial charge in [-0.25, -0.2) is 4.79 Å². The first kappa shape index (κ1) is 17.4. The zero-order valence-corrected chi connectivity index (χ0v) is 15.2. The van der Waals surface area contributed by atoms with Gasteiger partial charge in [-0.15, -0.1) is 0 Å². The molecule has 0 unspecified atom stereocenters. The van der Waals surface area contributed by atoms with Gasteiger partial charge in [-0.05, 0) is 57.4 Å². The van der Waals surface area contributed by atoms with Crippen molar-refractivity contribution in [2.24, 2.45) is 0 Å². The van der Waals surface area contributed by atoms with Crippen molar-refractivity contribution in [3.05, 3.63) is 58.1 Å². The van der Waals surface area contributed by atoms with Gasteiger partial charge in [0.05, 0.1) is 11.6 Å². The van der Waals surface area contributed by atoms with Gasteiger partial charge in [0, 0.05) is 6.08 Å². The van der Waals surface area contributed by atoms with E-state index in [2.05, 4.69) is 15.9 Å². The predicted octanol–water partition coefficient (Wildman–Crippen LogP) is 3.99. The van der Waals surface area contributed by atoms with Crippen LogP contribution >= 0.6 is 15.9 Å². The second kappa shape index (κ2) is 8.07. The lowest BCUT2D eigenvalue weighted by Crippen LogP contribution is -2.15. The summed E-state index contributed by atoms with van der Waals surface area (Å²) in [6, 6.07) is 11.0. The largest absolute Gasteiger partial charge is 0.496 e. The van der Waals surface area contributed by atoms with Gasteiger partial charge < -0.3 is 18.9 Å². The van der Waals surface area contributed by atoms with E-state index in [9.17, 15) is 4.79 Å². The molecule has 6 heteroatoms. The van der Waals surface area contributed by atoms with Crippen molar-refractivity contribution in [3.8, 4) is 17.2 Å². The number of hydrogen-bond acceptors (Lipinski definition) is 5. The van der Waals surface area contributed by atoms with E-state index >= 15 is 0 Å². The Kier molecular flexibility index (Phi) is 5.60. The van der Waals surface area contributed by atoms with Crippen molar-refractivity contribution in [2.75, 3.05) is 20.3 Å². The molecule has 130 valence electrons. The van der Waals surface area contributed by atoms with E-state index in [-0.39, 0.29) is 6.61 Å². The van der Waals surface area contributed by atoms with Crippen LogP contribution < -0.4 is 14.2 Å². The maximum absolute atomic E-state index is 11.9. The highest BCUT2D eigenvalue weighted by Crippen LogP contribution is 2.31. The average Bonchev–Trinajstić information content (AvgIpc) is 2.64. The zero-order chi connectivity index (χ0) is 17.6. The average molecular weight is 405 g/mol. The summed E-state index contributed by atoms with van der Waals surface area (Å²) in [7, 11) is 1.60. The van der Waals surface area contributed by atoms with E-state index in [1.54, 1.807) is 13.2 Å². The number of rotatable bonds is 5. The highest BCUT2D eigenvalue weighted by molar-refractivity contribution is 9.10. The topological polar surface area (TPSA) is 54.0 Å². The molecule has 0 amide bonds. The fourth-order valence-electron chi connectivity index (χ4n) is 2.33. The van der Waals surface area contributed by atoms with Gasteiger partial charge in [0.15, 0.2) is 11.5 Å². The summed E-state index contributed by atoms with van der Waals surface area (Å²) < 4.78 is 22.2. The summed E-state index contributed by atoms with van der Waals surface area (Å²) in [5.74, 6) is 1.72. The number of methoxy groups -OCH3 is 1. The van der Waals surface area contributed by atoms with Crippen molar-refractivity contribution in [1.29, 1.82) is 0 Å². The summed E-state index contributed by atoms with van der Waals surface area (Å²) in [6.07, 6.45) is 3.08. The fraction of sp³-hybridized carbons (Fsp3) is 0.211. The molecule has 0 atom stereocenters. The van der Waals surface area contributed by atoms with E-state index in [1.807, 2.05) is 36.4 Å². The third-order valence-corrected chi connectivity index (χ3v) is 4.20. The molecule has 0 spiro atoms. The monoisotopic (exact) mass is 404 g/mol. The normalized spacial score (nSPS) is 12.9. The van der Waals surface area contributed by atoms with Crippen LogP contribution in [0.2, 0.25) is 0 Å². The smallest absolute Gasteiger partial charge is 0.331 e. The highest BCUT2D eigenvalue weighted by atomic mass is 79.9. The van der Waals surface area contributed by atoms with Gasteiger partial charge in [0.2, 0.25) is 0 Å². The molecular weight excluding hydrogens is 388 g/mol. The van der Waals surface area contributed by atoms with Gasteiger partial charge in [0.25, 0.3) is 0 Å². The molecule has 5 nitrogen and oxygen atoms in total.